The minimum atomic E-state index is 0.401. The Balaban J connectivity index is 1.51. The zero-order valence-electron chi connectivity index (χ0n) is 14.4. The zero-order chi connectivity index (χ0) is 16.9. The number of nitrogens with zero attached hydrogens (tertiary/aromatic N) is 3. The molecule has 0 bridgehead atoms. The van der Waals surface area contributed by atoms with E-state index in [1.54, 1.807) is 0 Å². The highest BCUT2D eigenvalue weighted by Crippen LogP contribution is 2.32. The maximum absolute atomic E-state index is 4.98. The summed E-state index contributed by atoms with van der Waals surface area (Å²) in [4.78, 5) is 12.0. The van der Waals surface area contributed by atoms with Crippen LogP contribution in [-0.2, 0) is 13.0 Å². The Morgan fingerprint density at radius 2 is 1.72 bits per heavy atom. The van der Waals surface area contributed by atoms with Gasteiger partial charge >= 0.3 is 0 Å². The van der Waals surface area contributed by atoms with Gasteiger partial charge in [-0.1, -0.05) is 42.5 Å². The lowest BCUT2D eigenvalue weighted by atomic mass is 10.1. The normalized spacial score (nSPS) is 17.7. The summed E-state index contributed by atoms with van der Waals surface area (Å²) in [5.74, 6) is 0. The predicted molar refractivity (Wildman–Crippen MR) is 100 cm³/mol. The fourth-order valence-electron chi connectivity index (χ4n) is 3.64. The van der Waals surface area contributed by atoms with Crippen LogP contribution in [0.3, 0.4) is 0 Å². The molecule has 1 aliphatic heterocycles. The first-order valence-corrected chi connectivity index (χ1v) is 9.02. The van der Waals surface area contributed by atoms with E-state index >= 15 is 0 Å². The largest absolute Gasteiger partial charge is 0.289 e. The number of aromatic nitrogens is 2. The Kier molecular flexibility index (Phi) is 4.84. The molecule has 3 aromatic rings. The highest BCUT2D eigenvalue weighted by Gasteiger charge is 2.27. The van der Waals surface area contributed by atoms with Crippen molar-refractivity contribution in [2.75, 3.05) is 6.54 Å². The Labute approximate surface area is 149 Å². The van der Waals surface area contributed by atoms with E-state index in [0.717, 1.165) is 30.9 Å². The van der Waals surface area contributed by atoms with Crippen LogP contribution in [0.2, 0.25) is 0 Å². The molecule has 1 fully saturated rings. The molecule has 0 saturated carbocycles. The number of rotatable bonds is 5. The molecule has 2 aromatic heterocycles. The molecule has 1 atom stereocenters. The maximum Gasteiger partial charge on any atom is 0.0579 e. The van der Waals surface area contributed by atoms with E-state index < -0.39 is 0 Å². The molecule has 0 radical (unpaired) electrons. The molecule has 3 heteroatoms. The first-order chi connectivity index (χ1) is 12.4. The van der Waals surface area contributed by atoms with Crippen molar-refractivity contribution in [3.8, 4) is 0 Å². The molecule has 1 aromatic carbocycles. The van der Waals surface area contributed by atoms with Crippen molar-refractivity contribution in [2.45, 2.75) is 31.8 Å². The van der Waals surface area contributed by atoms with Gasteiger partial charge in [0.1, 0.15) is 0 Å². The van der Waals surface area contributed by atoms with Crippen molar-refractivity contribution in [3.63, 3.8) is 0 Å². The lowest BCUT2D eigenvalue weighted by Crippen LogP contribution is -2.24. The number of benzene rings is 1. The summed E-state index contributed by atoms with van der Waals surface area (Å²) in [6.07, 6.45) is 5.16. The third-order valence-electron chi connectivity index (χ3n) is 4.85. The quantitative estimate of drug-likeness (QED) is 0.694. The number of pyridine rings is 2. The summed E-state index contributed by atoms with van der Waals surface area (Å²) in [6.45, 7) is 2.02. The highest BCUT2D eigenvalue weighted by molar-refractivity contribution is 5.24. The second-order valence-corrected chi connectivity index (χ2v) is 6.67. The fourth-order valence-corrected chi connectivity index (χ4v) is 3.64. The minimum absolute atomic E-state index is 0.401. The summed E-state index contributed by atoms with van der Waals surface area (Å²) in [5.41, 5.74) is 4.79. The monoisotopic (exact) mass is 329 g/mol. The molecule has 4 rings (SSSR count). The van der Waals surface area contributed by atoms with Gasteiger partial charge in [0.05, 0.1) is 17.4 Å². The van der Waals surface area contributed by atoms with Gasteiger partial charge in [-0.3, -0.25) is 14.9 Å². The molecule has 1 saturated heterocycles. The molecule has 3 nitrogen and oxygen atoms in total. The van der Waals surface area contributed by atoms with Crippen molar-refractivity contribution in [1.82, 2.24) is 14.9 Å². The van der Waals surface area contributed by atoms with Crippen LogP contribution in [-0.4, -0.2) is 21.4 Å². The molecule has 0 N–H and O–H groups in total. The van der Waals surface area contributed by atoms with Crippen LogP contribution in [0.15, 0.2) is 72.9 Å². The van der Waals surface area contributed by atoms with Crippen molar-refractivity contribution in [1.29, 1.82) is 0 Å². The van der Waals surface area contributed by atoms with Crippen molar-refractivity contribution in [3.05, 3.63) is 95.6 Å². The van der Waals surface area contributed by atoms with Crippen LogP contribution in [0.1, 0.15) is 41.5 Å². The smallest absolute Gasteiger partial charge is 0.0579 e. The molecule has 0 unspecified atom stereocenters. The molecular formula is C22H23N3. The Morgan fingerprint density at radius 3 is 2.56 bits per heavy atom. The fraction of sp³-hybridized carbons (Fsp3) is 0.273. The van der Waals surface area contributed by atoms with Crippen molar-refractivity contribution < 1.29 is 0 Å². The molecule has 0 amide bonds. The van der Waals surface area contributed by atoms with Gasteiger partial charge in [-0.2, -0.15) is 0 Å². The Morgan fingerprint density at radius 1 is 0.880 bits per heavy atom. The maximum atomic E-state index is 4.98. The SMILES string of the molecule is c1ccc(Cc2cccc([C@H]3CCCN3Cc3ccccn3)n2)cc1. The second kappa shape index (κ2) is 7.58. The zero-order valence-corrected chi connectivity index (χ0v) is 14.4. The third-order valence-corrected chi connectivity index (χ3v) is 4.85. The lowest BCUT2D eigenvalue weighted by molar-refractivity contribution is 0.241. The van der Waals surface area contributed by atoms with Crippen molar-refractivity contribution >= 4 is 0 Å². The average Bonchev–Trinajstić information content (AvgIpc) is 3.12. The van der Waals surface area contributed by atoms with Crippen LogP contribution >= 0.6 is 0 Å². The van der Waals surface area contributed by atoms with Gasteiger partial charge < -0.3 is 0 Å². The Bertz CT molecular complexity index is 802. The summed E-state index contributed by atoms with van der Waals surface area (Å²) in [6, 6.07) is 23.6. The topological polar surface area (TPSA) is 29.0 Å². The minimum Gasteiger partial charge on any atom is -0.289 e. The summed E-state index contributed by atoms with van der Waals surface area (Å²) >= 11 is 0. The molecule has 25 heavy (non-hydrogen) atoms. The van der Waals surface area contributed by atoms with Crippen LogP contribution in [0.4, 0.5) is 0 Å². The highest BCUT2D eigenvalue weighted by atomic mass is 15.2. The van der Waals surface area contributed by atoms with Gasteiger partial charge in [0, 0.05) is 24.9 Å². The molecule has 0 aliphatic carbocycles. The first-order valence-electron chi connectivity index (χ1n) is 9.02. The van der Waals surface area contributed by atoms with Crippen molar-refractivity contribution in [2.24, 2.45) is 0 Å². The van der Waals surface area contributed by atoms with Gasteiger partial charge in [0.25, 0.3) is 0 Å². The van der Waals surface area contributed by atoms with E-state index in [4.69, 9.17) is 4.98 Å². The van der Waals surface area contributed by atoms with Crippen LogP contribution in [0.25, 0.3) is 0 Å². The molecule has 0 spiro atoms. The standard InChI is InChI=1S/C22H23N3/c1-2-8-18(9-3-1)16-19-11-6-12-21(24-19)22-13-7-15-25(22)17-20-10-4-5-14-23-20/h1-6,8-12,14,22H,7,13,15-17H2/t22-/m1/s1. The van der Waals surface area contributed by atoms with E-state index in [0.29, 0.717) is 6.04 Å². The van der Waals surface area contributed by atoms with Gasteiger partial charge in [-0.05, 0) is 49.2 Å². The van der Waals surface area contributed by atoms with Gasteiger partial charge in [0.15, 0.2) is 0 Å². The molecular weight excluding hydrogens is 306 g/mol. The van der Waals surface area contributed by atoms with Gasteiger partial charge in [-0.25, -0.2) is 0 Å². The van der Waals surface area contributed by atoms with E-state index in [1.807, 2.05) is 12.3 Å². The van der Waals surface area contributed by atoms with Crippen LogP contribution in [0.5, 0.6) is 0 Å². The van der Waals surface area contributed by atoms with Gasteiger partial charge in [0.2, 0.25) is 0 Å². The Hall–Kier alpha value is -2.52. The number of hydrogen-bond acceptors (Lipinski definition) is 3. The predicted octanol–water partition coefficient (Wildman–Crippen LogP) is 4.40. The molecule has 126 valence electrons. The number of likely N-dealkylation sites (tertiary alicyclic amines) is 1. The van der Waals surface area contributed by atoms with E-state index in [-0.39, 0.29) is 0 Å². The van der Waals surface area contributed by atoms with E-state index in [2.05, 4.69) is 70.5 Å². The summed E-state index contributed by atoms with van der Waals surface area (Å²) in [7, 11) is 0. The van der Waals surface area contributed by atoms with Crippen LogP contribution < -0.4 is 0 Å². The van der Waals surface area contributed by atoms with E-state index in [9.17, 15) is 0 Å². The average molecular weight is 329 g/mol. The van der Waals surface area contributed by atoms with Gasteiger partial charge in [-0.15, -0.1) is 0 Å². The summed E-state index contributed by atoms with van der Waals surface area (Å²) in [5, 5.41) is 0. The van der Waals surface area contributed by atoms with E-state index in [1.165, 1.54) is 24.1 Å². The third kappa shape index (κ3) is 3.94. The van der Waals surface area contributed by atoms with Crippen LogP contribution in [0, 0.1) is 0 Å². The second-order valence-electron chi connectivity index (χ2n) is 6.67. The molecule has 3 heterocycles. The first kappa shape index (κ1) is 16.0. The lowest BCUT2D eigenvalue weighted by Gasteiger charge is -2.24. The number of hydrogen-bond donors (Lipinski definition) is 0. The summed E-state index contributed by atoms with van der Waals surface area (Å²) < 4.78 is 0. The molecule has 1 aliphatic rings.